The zero-order valence-electron chi connectivity index (χ0n) is 15.5. The zero-order chi connectivity index (χ0) is 19.8. The minimum atomic E-state index is -0.489. The van der Waals surface area contributed by atoms with Crippen molar-refractivity contribution in [3.05, 3.63) is 75.9 Å². The van der Waals surface area contributed by atoms with Gasteiger partial charge in [-0.25, -0.2) is 4.98 Å². The molecule has 0 saturated carbocycles. The Hall–Kier alpha value is -3.68. The summed E-state index contributed by atoms with van der Waals surface area (Å²) in [7, 11) is 3.73. The smallest absolute Gasteiger partial charge is 0.293 e. The topological polar surface area (TPSA) is 93.3 Å². The molecule has 0 bridgehead atoms. The molecule has 0 amide bonds. The number of nitrogens with one attached hydrogen (secondary N) is 1. The predicted octanol–water partition coefficient (Wildman–Crippen LogP) is 3.30. The van der Waals surface area contributed by atoms with Crippen LogP contribution >= 0.6 is 0 Å². The number of hydrogen-bond donors (Lipinski definition) is 1. The molecule has 0 atom stereocenters. The molecule has 1 N–H and O–H groups in total. The Bertz CT molecular complexity index is 1090. The van der Waals surface area contributed by atoms with E-state index in [1.54, 1.807) is 29.9 Å². The summed E-state index contributed by atoms with van der Waals surface area (Å²) in [5, 5.41) is 14.7. The Balaban J connectivity index is 1.67. The van der Waals surface area contributed by atoms with E-state index in [1.807, 2.05) is 25.2 Å². The van der Waals surface area contributed by atoms with Crippen molar-refractivity contribution >= 4 is 28.5 Å². The highest BCUT2D eigenvalue weighted by molar-refractivity contribution is 6.07. The number of anilines is 3. The number of likely N-dealkylation sites (N-methyl/N-ethyl adjacent to an activating group) is 1. The van der Waals surface area contributed by atoms with Crippen molar-refractivity contribution < 1.29 is 9.72 Å². The van der Waals surface area contributed by atoms with Gasteiger partial charge in [0.25, 0.3) is 5.69 Å². The summed E-state index contributed by atoms with van der Waals surface area (Å²) in [5.74, 6) is -0.127. The van der Waals surface area contributed by atoms with Gasteiger partial charge in [-0.2, -0.15) is 0 Å². The summed E-state index contributed by atoms with van der Waals surface area (Å²) in [6.07, 6.45) is 4.17. The van der Waals surface area contributed by atoms with Crippen LogP contribution in [0.2, 0.25) is 0 Å². The molecule has 4 rings (SSSR count). The highest BCUT2D eigenvalue weighted by atomic mass is 16.6. The molecular formula is C20H19N5O3. The molecule has 1 aromatic heterocycles. The van der Waals surface area contributed by atoms with E-state index in [0.29, 0.717) is 5.69 Å². The zero-order valence-corrected chi connectivity index (χ0v) is 15.5. The molecule has 2 heterocycles. The fraction of sp³-hybridized carbons (Fsp3) is 0.200. The number of hydrogen-bond acceptors (Lipinski definition) is 6. The number of nitro benzene ring substituents is 1. The number of aryl methyl sites for hydroxylation is 1. The quantitative estimate of drug-likeness (QED) is 0.417. The second kappa shape index (κ2) is 6.80. The molecule has 0 spiro atoms. The predicted molar refractivity (Wildman–Crippen MR) is 106 cm³/mol. The standard InChI is InChI=1S/C20H19N5O3/c1-23-9-7-13-3-5-15(12-17(13)23)22-16-6-4-14(11-18(16)25(27)28)19(26)20-21-8-10-24(20)2/h3-6,8,10-12,22H,7,9H2,1-2H3. The van der Waals surface area contributed by atoms with Gasteiger partial charge < -0.3 is 14.8 Å². The minimum absolute atomic E-state index is 0.158. The van der Waals surface area contributed by atoms with Crippen LogP contribution in [0, 0.1) is 10.1 Å². The fourth-order valence-corrected chi connectivity index (χ4v) is 3.42. The molecule has 0 aliphatic carbocycles. The first kappa shape index (κ1) is 17.7. The minimum Gasteiger partial charge on any atom is -0.374 e. The van der Waals surface area contributed by atoms with E-state index in [-0.39, 0.29) is 22.9 Å². The number of nitro groups is 1. The van der Waals surface area contributed by atoms with Gasteiger partial charge in [0.15, 0.2) is 5.82 Å². The Labute approximate surface area is 161 Å². The van der Waals surface area contributed by atoms with E-state index >= 15 is 0 Å². The van der Waals surface area contributed by atoms with E-state index in [4.69, 9.17) is 0 Å². The van der Waals surface area contributed by atoms with Gasteiger partial charge in [-0.15, -0.1) is 0 Å². The molecule has 0 fully saturated rings. The molecule has 142 valence electrons. The van der Waals surface area contributed by atoms with Gasteiger partial charge in [0.2, 0.25) is 5.78 Å². The number of ketones is 1. The van der Waals surface area contributed by atoms with Crippen LogP contribution in [0.1, 0.15) is 21.7 Å². The molecule has 8 nitrogen and oxygen atoms in total. The lowest BCUT2D eigenvalue weighted by atomic mass is 10.1. The summed E-state index contributed by atoms with van der Waals surface area (Å²) in [4.78, 5) is 29.9. The molecule has 0 radical (unpaired) electrons. The number of fused-ring (bicyclic) bond motifs is 1. The van der Waals surface area contributed by atoms with Gasteiger partial charge in [0.1, 0.15) is 5.69 Å². The number of rotatable bonds is 5. The third kappa shape index (κ3) is 3.09. The molecule has 1 aliphatic rings. The Morgan fingerprint density at radius 3 is 2.75 bits per heavy atom. The first-order valence-electron chi connectivity index (χ1n) is 8.85. The molecule has 3 aromatic rings. The molecule has 1 aliphatic heterocycles. The fourth-order valence-electron chi connectivity index (χ4n) is 3.42. The van der Waals surface area contributed by atoms with Gasteiger partial charge in [0.05, 0.1) is 4.92 Å². The van der Waals surface area contributed by atoms with Crippen molar-refractivity contribution in [1.82, 2.24) is 9.55 Å². The maximum absolute atomic E-state index is 12.6. The van der Waals surface area contributed by atoms with Gasteiger partial charge in [0, 0.05) is 56.0 Å². The Kier molecular flexibility index (Phi) is 4.31. The van der Waals surface area contributed by atoms with E-state index in [1.165, 1.54) is 17.8 Å². The lowest BCUT2D eigenvalue weighted by molar-refractivity contribution is -0.383. The number of carbonyl (C=O) groups excluding carboxylic acids is 1. The molecule has 8 heteroatoms. The van der Waals surface area contributed by atoms with E-state index < -0.39 is 4.92 Å². The van der Waals surface area contributed by atoms with E-state index in [0.717, 1.165) is 24.3 Å². The maximum atomic E-state index is 12.6. The first-order valence-corrected chi connectivity index (χ1v) is 8.85. The molecular weight excluding hydrogens is 358 g/mol. The summed E-state index contributed by atoms with van der Waals surface area (Å²) in [5.41, 5.74) is 3.54. The third-order valence-corrected chi connectivity index (χ3v) is 4.97. The molecule has 2 aromatic carbocycles. The van der Waals surface area contributed by atoms with Crippen LogP contribution in [-0.2, 0) is 13.5 Å². The number of imidazole rings is 1. The summed E-state index contributed by atoms with van der Waals surface area (Å²) >= 11 is 0. The van der Waals surface area contributed by atoms with Crippen molar-refractivity contribution in [2.75, 3.05) is 23.8 Å². The SMILES string of the molecule is CN1CCc2ccc(Nc3ccc(C(=O)c4nccn4C)cc3[N+](=O)[O-])cc21. The second-order valence-corrected chi connectivity index (χ2v) is 6.82. The molecule has 0 unspecified atom stereocenters. The lowest BCUT2D eigenvalue weighted by Crippen LogP contribution is -2.12. The summed E-state index contributed by atoms with van der Waals surface area (Å²) in [6, 6.07) is 10.4. The third-order valence-electron chi connectivity index (χ3n) is 4.97. The number of aromatic nitrogens is 2. The average Bonchev–Trinajstić information content (AvgIpc) is 3.27. The Morgan fingerprint density at radius 1 is 1.21 bits per heavy atom. The normalized spacial score (nSPS) is 12.7. The highest BCUT2D eigenvalue weighted by Gasteiger charge is 2.21. The summed E-state index contributed by atoms with van der Waals surface area (Å²) < 4.78 is 1.58. The van der Waals surface area contributed by atoms with Crippen molar-refractivity contribution in [2.45, 2.75) is 6.42 Å². The average molecular weight is 377 g/mol. The van der Waals surface area contributed by atoms with Crippen LogP contribution in [-0.4, -0.2) is 33.9 Å². The monoisotopic (exact) mass is 377 g/mol. The van der Waals surface area contributed by atoms with Crippen LogP contribution in [0.4, 0.5) is 22.7 Å². The van der Waals surface area contributed by atoms with Gasteiger partial charge in [-0.1, -0.05) is 6.07 Å². The van der Waals surface area contributed by atoms with Crippen LogP contribution in [0.15, 0.2) is 48.8 Å². The van der Waals surface area contributed by atoms with Crippen LogP contribution in [0.25, 0.3) is 0 Å². The first-order chi connectivity index (χ1) is 13.4. The van der Waals surface area contributed by atoms with Crippen LogP contribution < -0.4 is 10.2 Å². The number of nitrogens with zero attached hydrogens (tertiary/aromatic N) is 4. The van der Waals surface area contributed by atoms with Gasteiger partial charge >= 0.3 is 0 Å². The van der Waals surface area contributed by atoms with Crippen LogP contribution in [0.5, 0.6) is 0 Å². The van der Waals surface area contributed by atoms with E-state index in [2.05, 4.69) is 15.2 Å². The van der Waals surface area contributed by atoms with Crippen molar-refractivity contribution in [3.8, 4) is 0 Å². The van der Waals surface area contributed by atoms with Crippen molar-refractivity contribution in [2.24, 2.45) is 7.05 Å². The molecule has 0 saturated heterocycles. The number of carbonyl (C=O) groups is 1. The molecule has 28 heavy (non-hydrogen) atoms. The Morgan fingerprint density at radius 2 is 2.04 bits per heavy atom. The van der Waals surface area contributed by atoms with Gasteiger partial charge in [-0.3, -0.25) is 14.9 Å². The van der Waals surface area contributed by atoms with E-state index in [9.17, 15) is 14.9 Å². The second-order valence-electron chi connectivity index (χ2n) is 6.82. The highest BCUT2D eigenvalue weighted by Crippen LogP contribution is 2.33. The van der Waals surface area contributed by atoms with Gasteiger partial charge in [-0.05, 0) is 36.2 Å². The van der Waals surface area contributed by atoms with Crippen LogP contribution in [0.3, 0.4) is 0 Å². The lowest BCUT2D eigenvalue weighted by Gasteiger charge is -2.14. The number of benzene rings is 2. The maximum Gasteiger partial charge on any atom is 0.293 e. The summed E-state index contributed by atoms with van der Waals surface area (Å²) in [6.45, 7) is 0.961. The van der Waals surface area contributed by atoms with Crippen molar-refractivity contribution in [3.63, 3.8) is 0 Å². The van der Waals surface area contributed by atoms with Crippen molar-refractivity contribution in [1.29, 1.82) is 0 Å². The largest absolute Gasteiger partial charge is 0.374 e.